The van der Waals surface area contributed by atoms with Crippen LogP contribution >= 0.6 is 0 Å². The Morgan fingerprint density at radius 1 is 1.71 bits per heavy atom. The maximum atomic E-state index is 9.45. The van der Waals surface area contributed by atoms with Gasteiger partial charge in [0.05, 0.1) is 0 Å². The van der Waals surface area contributed by atoms with Crippen LogP contribution in [0.3, 0.4) is 0 Å². The number of carboxylic acid groups (broad SMARTS) is 1. The van der Waals surface area contributed by atoms with Crippen LogP contribution in [0.15, 0.2) is 0 Å². The van der Waals surface area contributed by atoms with E-state index in [4.69, 9.17) is 10.2 Å². The van der Waals surface area contributed by atoms with Gasteiger partial charge in [-0.15, -0.1) is 0 Å². The van der Waals surface area contributed by atoms with E-state index in [1.165, 1.54) is 6.92 Å². The van der Waals surface area contributed by atoms with Crippen molar-refractivity contribution in [2.45, 2.75) is 13.0 Å². The molecule has 0 saturated carbocycles. The third-order valence-electron chi connectivity index (χ3n) is 0.357. The van der Waals surface area contributed by atoms with Crippen molar-refractivity contribution in [2.24, 2.45) is 0 Å². The first-order chi connectivity index (χ1) is 2.64. The topological polar surface area (TPSA) is 57.5 Å². The van der Waals surface area contributed by atoms with E-state index in [9.17, 15) is 4.79 Å². The van der Waals surface area contributed by atoms with Gasteiger partial charge in [-0.3, -0.25) is 0 Å². The second kappa shape index (κ2) is 4.84. The average molecular weight is 130 g/mol. The van der Waals surface area contributed by atoms with Crippen molar-refractivity contribution in [3.63, 3.8) is 0 Å². The van der Waals surface area contributed by atoms with E-state index in [0.29, 0.717) is 0 Å². The minimum Gasteiger partial charge on any atom is -0.479 e. The minimum absolute atomic E-state index is 0. The van der Waals surface area contributed by atoms with E-state index in [2.05, 4.69) is 0 Å². The SMILES string of the molecule is CC(O)C(=O)O.[Ca]. The number of rotatable bonds is 1. The summed E-state index contributed by atoms with van der Waals surface area (Å²) in [6.45, 7) is 1.20. The van der Waals surface area contributed by atoms with E-state index in [1.54, 1.807) is 0 Å². The van der Waals surface area contributed by atoms with Gasteiger partial charge >= 0.3 is 5.97 Å². The third kappa shape index (κ3) is 6.69. The molecule has 0 spiro atoms. The van der Waals surface area contributed by atoms with Crippen LogP contribution in [0.25, 0.3) is 0 Å². The van der Waals surface area contributed by atoms with Crippen LogP contribution in [0.1, 0.15) is 6.92 Å². The molecule has 0 aliphatic heterocycles. The minimum atomic E-state index is -1.23. The molecule has 3 nitrogen and oxygen atoms in total. The number of carboxylic acids is 1. The molecular formula is C3H6CaO3. The van der Waals surface area contributed by atoms with Crippen LogP contribution in [0.5, 0.6) is 0 Å². The zero-order valence-corrected chi connectivity index (χ0v) is 6.30. The zero-order valence-electron chi connectivity index (χ0n) is 4.09. The Morgan fingerprint density at radius 3 is 1.86 bits per heavy atom. The summed E-state index contributed by atoms with van der Waals surface area (Å²) in [4.78, 5) is 9.45. The van der Waals surface area contributed by atoms with Crippen molar-refractivity contribution in [3.8, 4) is 0 Å². The predicted molar refractivity (Wildman–Crippen MR) is 25.1 cm³/mol. The maximum Gasteiger partial charge on any atom is 0.332 e. The fourth-order valence-electron chi connectivity index (χ4n) is 0. The second-order valence-electron chi connectivity index (χ2n) is 1.01. The summed E-state index contributed by atoms with van der Waals surface area (Å²) in [6.07, 6.45) is -1.23. The van der Waals surface area contributed by atoms with Crippen molar-refractivity contribution < 1.29 is 15.0 Å². The monoisotopic (exact) mass is 130 g/mol. The number of aliphatic hydroxyl groups excluding tert-OH is 1. The van der Waals surface area contributed by atoms with E-state index < -0.39 is 12.1 Å². The Labute approximate surface area is 71.3 Å². The Bertz CT molecular complexity index is 61.2. The van der Waals surface area contributed by atoms with Crippen LogP contribution in [0.2, 0.25) is 0 Å². The molecule has 0 aromatic rings. The van der Waals surface area contributed by atoms with Crippen molar-refractivity contribution in [1.29, 1.82) is 0 Å². The van der Waals surface area contributed by atoms with Gasteiger partial charge in [-0.25, -0.2) is 4.79 Å². The summed E-state index contributed by atoms with van der Waals surface area (Å²) in [5.41, 5.74) is 0. The molecule has 1 atom stereocenters. The summed E-state index contributed by atoms with van der Waals surface area (Å²) in [5.74, 6) is -1.19. The van der Waals surface area contributed by atoms with Gasteiger partial charge in [-0.05, 0) is 6.92 Å². The smallest absolute Gasteiger partial charge is 0.332 e. The summed E-state index contributed by atoms with van der Waals surface area (Å²) in [6, 6.07) is 0. The Kier molecular flexibility index (Phi) is 7.35. The number of hydrogen-bond donors (Lipinski definition) is 2. The zero-order chi connectivity index (χ0) is 5.15. The first-order valence-corrected chi connectivity index (χ1v) is 1.55. The number of aliphatic hydroxyl groups is 1. The summed E-state index contributed by atoms with van der Waals surface area (Å²) in [5, 5.41) is 15.8. The number of aliphatic carboxylic acids is 1. The molecule has 7 heavy (non-hydrogen) atoms. The predicted octanol–water partition coefficient (Wildman–Crippen LogP) is -0.929. The van der Waals surface area contributed by atoms with Gasteiger partial charge in [0.25, 0.3) is 0 Å². The molecule has 0 rings (SSSR count). The van der Waals surface area contributed by atoms with Crippen LogP contribution in [0.4, 0.5) is 0 Å². The molecule has 0 fully saturated rings. The van der Waals surface area contributed by atoms with E-state index in [0.717, 1.165) is 0 Å². The van der Waals surface area contributed by atoms with Crippen molar-refractivity contribution in [1.82, 2.24) is 0 Å². The van der Waals surface area contributed by atoms with Gasteiger partial charge in [0, 0.05) is 37.7 Å². The number of hydrogen-bond acceptors (Lipinski definition) is 2. The van der Waals surface area contributed by atoms with Gasteiger partial charge in [0.1, 0.15) is 6.10 Å². The van der Waals surface area contributed by atoms with Crippen LogP contribution in [0, 0.1) is 0 Å². The first kappa shape index (κ1) is 10.6. The molecule has 2 radical (unpaired) electrons. The van der Waals surface area contributed by atoms with E-state index >= 15 is 0 Å². The molecule has 4 heteroatoms. The fourth-order valence-corrected chi connectivity index (χ4v) is 0. The quantitative estimate of drug-likeness (QED) is 0.451. The molecule has 2 N–H and O–H groups in total. The Hall–Kier alpha value is 0.690. The Morgan fingerprint density at radius 2 is 1.86 bits per heavy atom. The molecule has 0 aromatic carbocycles. The molecule has 1 unspecified atom stereocenters. The third-order valence-corrected chi connectivity index (χ3v) is 0.357. The van der Waals surface area contributed by atoms with Crippen molar-refractivity contribution >= 4 is 43.7 Å². The standard InChI is InChI=1S/C3H6O3.Ca/c1-2(4)3(5)6;/h2,4H,1H3,(H,5,6);. The summed E-state index contributed by atoms with van der Waals surface area (Å²) in [7, 11) is 0. The van der Waals surface area contributed by atoms with Crippen LogP contribution in [-0.2, 0) is 4.79 Å². The molecule has 38 valence electrons. The molecule has 0 aromatic heterocycles. The number of carbonyl (C=O) groups is 1. The largest absolute Gasteiger partial charge is 0.479 e. The maximum absolute atomic E-state index is 9.45. The van der Waals surface area contributed by atoms with Gasteiger partial charge in [0.2, 0.25) is 0 Å². The molecule has 0 aliphatic carbocycles. The molecule has 0 saturated heterocycles. The van der Waals surface area contributed by atoms with Crippen molar-refractivity contribution in [3.05, 3.63) is 0 Å². The molecule has 0 heterocycles. The van der Waals surface area contributed by atoms with Gasteiger partial charge in [-0.2, -0.15) is 0 Å². The first-order valence-electron chi connectivity index (χ1n) is 1.55. The molecule has 0 aliphatic rings. The van der Waals surface area contributed by atoms with Crippen molar-refractivity contribution in [2.75, 3.05) is 0 Å². The van der Waals surface area contributed by atoms with Gasteiger partial charge in [0.15, 0.2) is 0 Å². The average Bonchev–Trinajstić information content (AvgIpc) is 1.36. The van der Waals surface area contributed by atoms with Crippen LogP contribution in [-0.4, -0.2) is 60.0 Å². The summed E-state index contributed by atoms with van der Waals surface area (Å²) < 4.78 is 0. The fraction of sp³-hybridized carbons (Fsp3) is 0.667. The molecule has 0 amide bonds. The second-order valence-corrected chi connectivity index (χ2v) is 1.01. The van der Waals surface area contributed by atoms with E-state index in [1.807, 2.05) is 0 Å². The van der Waals surface area contributed by atoms with E-state index in [-0.39, 0.29) is 37.7 Å². The molecule has 0 bridgehead atoms. The van der Waals surface area contributed by atoms with Gasteiger partial charge in [-0.1, -0.05) is 0 Å². The Balaban J connectivity index is 0. The molecular weight excluding hydrogens is 124 g/mol. The van der Waals surface area contributed by atoms with Crippen LogP contribution < -0.4 is 0 Å². The normalized spacial score (nSPS) is 11.7. The van der Waals surface area contributed by atoms with Gasteiger partial charge < -0.3 is 10.2 Å². The summed E-state index contributed by atoms with van der Waals surface area (Å²) >= 11 is 0.